The fourth-order valence-corrected chi connectivity index (χ4v) is 4.29. The normalized spacial score (nSPS) is 16.7. The molecule has 0 radical (unpaired) electrons. The molecule has 2 N–H and O–H groups in total. The van der Waals surface area contributed by atoms with E-state index in [0.717, 1.165) is 4.90 Å². The van der Waals surface area contributed by atoms with E-state index in [1.165, 1.54) is 6.20 Å². The monoisotopic (exact) mass is 466 g/mol. The smallest absolute Gasteiger partial charge is 0.408 e. The standard InChI is InChI=1S/C21H18ClF3N4O3/c22-16-6-13-7-17(29(20(31)32)9-12-4-2-1-3-5-12)19(30)28(11-21(23,24)25)10-15(13)14-8-26-27-18(14)16/h1-6,8,17H,7,9-11H2,(H,26,27)(H,31,32). The van der Waals surface area contributed by atoms with E-state index in [1.54, 1.807) is 36.4 Å². The first-order valence-electron chi connectivity index (χ1n) is 9.66. The van der Waals surface area contributed by atoms with Gasteiger partial charge in [0.05, 0.1) is 16.7 Å². The van der Waals surface area contributed by atoms with Gasteiger partial charge in [-0.25, -0.2) is 4.79 Å². The van der Waals surface area contributed by atoms with Crippen molar-refractivity contribution in [2.45, 2.75) is 31.7 Å². The molecule has 3 aromatic rings. The topological polar surface area (TPSA) is 89.5 Å². The predicted molar refractivity (Wildman–Crippen MR) is 110 cm³/mol. The molecule has 2 heterocycles. The first-order chi connectivity index (χ1) is 15.1. The van der Waals surface area contributed by atoms with Gasteiger partial charge in [-0.05, 0) is 22.8 Å². The van der Waals surface area contributed by atoms with E-state index in [-0.39, 0.29) is 24.5 Å². The maximum atomic E-state index is 13.3. The molecule has 0 fully saturated rings. The zero-order valence-corrected chi connectivity index (χ0v) is 17.3. The number of halogens is 4. The van der Waals surface area contributed by atoms with Crippen LogP contribution in [0.5, 0.6) is 0 Å². The Balaban J connectivity index is 1.81. The number of hydrogen-bond acceptors (Lipinski definition) is 3. The number of carbonyl (C=O) groups excluding carboxylic acids is 1. The molecule has 1 aliphatic heterocycles. The van der Waals surface area contributed by atoms with Crippen molar-refractivity contribution < 1.29 is 27.9 Å². The Morgan fingerprint density at radius 2 is 2.03 bits per heavy atom. The van der Waals surface area contributed by atoms with Crippen molar-refractivity contribution in [3.05, 3.63) is 64.3 Å². The molecule has 0 saturated carbocycles. The molecule has 4 rings (SSSR count). The lowest BCUT2D eigenvalue weighted by Gasteiger charge is -2.31. The highest BCUT2D eigenvalue weighted by atomic mass is 35.5. The number of aromatic amines is 1. The van der Waals surface area contributed by atoms with Crippen molar-refractivity contribution in [3.8, 4) is 0 Å². The second kappa shape index (κ2) is 8.34. The Morgan fingerprint density at radius 1 is 1.31 bits per heavy atom. The number of hydrogen-bond donors (Lipinski definition) is 2. The molecule has 1 aliphatic rings. The van der Waals surface area contributed by atoms with Gasteiger partial charge in [-0.15, -0.1) is 0 Å². The third kappa shape index (κ3) is 4.36. The maximum Gasteiger partial charge on any atom is 0.408 e. The van der Waals surface area contributed by atoms with Crippen LogP contribution < -0.4 is 0 Å². The van der Waals surface area contributed by atoms with E-state index in [9.17, 15) is 27.9 Å². The van der Waals surface area contributed by atoms with E-state index < -0.39 is 30.8 Å². The number of amides is 2. The van der Waals surface area contributed by atoms with Crippen LogP contribution in [0.15, 0.2) is 42.6 Å². The number of nitrogens with zero attached hydrogens (tertiary/aromatic N) is 3. The number of carboxylic acid groups (broad SMARTS) is 1. The van der Waals surface area contributed by atoms with Crippen molar-refractivity contribution in [3.63, 3.8) is 0 Å². The molecule has 1 unspecified atom stereocenters. The summed E-state index contributed by atoms with van der Waals surface area (Å²) in [4.78, 5) is 26.9. The Kier molecular flexibility index (Phi) is 5.72. The highest BCUT2D eigenvalue weighted by molar-refractivity contribution is 6.35. The number of carbonyl (C=O) groups is 2. The highest BCUT2D eigenvalue weighted by Gasteiger charge is 2.41. The van der Waals surface area contributed by atoms with Crippen molar-refractivity contribution in [2.75, 3.05) is 6.54 Å². The molecule has 2 amide bonds. The number of alkyl halides is 3. The molecule has 11 heteroatoms. The van der Waals surface area contributed by atoms with Crippen molar-refractivity contribution in [1.82, 2.24) is 20.0 Å². The summed E-state index contributed by atoms with van der Waals surface area (Å²) in [7, 11) is 0. The molecule has 1 aromatic heterocycles. The number of rotatable bonds is 4. The van der Waals surface area contributed by atoms with Crippen LogP contribution in [0.3, 0.4) is 0 Å². The zero-order chi connectivity index (χ0) is 23.0. The second-order valence-electron chi connectivity index (χ2n) is 7.58. The van der Waals surface area contributed by atoms with Crippen molar-refractivity contribution in [1.29, 1.82) is 0 Å². The van der Waals surface area contributed by atoms with E-state index in [0.29, 0.717) is 32.5 Å². The van der Waals surface area contributed by atoms with E-state index >= 15 is 0 Å². The fourth-order valence-electron chi connectivity index (χ4n) is 4.01. The first kappa shape index (κ1) is 21.9. The van der Waals surface area contributed by atoms with Gasteiger partial charge >= 0.3 is 12.3 Å². The lowest BCUT2D eigenvalue weighted by molar-refractivity contribution is -0.165. The van der Waals surface area contributed by atoms with E-state index in [4.69, 9.17) is 11.6 Å². The zero-order valence-electron chi connectivity index (χ0n) is 16.6. The van der Waals surface area contributed by atoms with Gasteiger partial charge in [0.15, 0.2) is 0 Å². The van der Waals surface area contributed by atoms with Gasteiger partial charge in [-0.1, -0.05) is 41.9 Å². The Bertz CT molecular complexity index is 1170. The van der Waals surface area contributed by atoms with Crippen LogP contribution >= 0.6 is 11.6 Å². The number of nitrogens with one attached hydrogen (secondary N) is 1. The number of aromatic nitrogens is 2. The van der Waals surface area contributed by atoms with Gasteiger partial charge in [-0.2, -0.15) is 18.3 Å². The average molecular weight is 467 g/mol. The van der Waals surface area contributed by atoms with Gasteiger partial charge in [0, 0.05) is 24.9 Å². The minimum absolute atomic E-state index is 0.109. The summed E-state index contributed by atoms with van der Waals surface area (Å²) in [6, 6.07) is 8.75. The quantitative estimate of drug-likeness (QED) is 0.602. The molecule has 2 aromatic carbocycles. The summed E-state index contributed by atoms with van der Waals surface area (Å²) in [5.41, 5.74) is 2.02. The maximum absolute atomic E-state index is 13.3. The van der Waals surface area contributed by atoms with Gasteiger partial charge < -0.3 is 10.0 Å². The summed E-state index contributed by atoms with van der Waals surface area (Å²) >= 11 is 6.31. The minimum Gasteiger partial charge on any atom is -0.465 e. The second-order valence-corrected chi connectivity index (χ2v) is 7.99. The third-order valence-corrected chi connectivity index (χ3v) is 5.74. The van der Waals surface area contributed by atoms with Crippen molar-refractivity contribution in [2.24, 2.45) is 0 Å². The largest absolute Gasteiger partial charge is 0.465 e. The lowest BCUT2D eigenvalue weighted by atomic mass is 9.98. The summed E-state index contributed by atoms with van der Waals surface area (Å²) in [5.74, 6) is -0.912. The Morgan fingerprint density at radius 3 is 2.69 bits per heavy atom. The van der Waals surface area contributed by atoms with Gasteiger partial charge in [0.1, 0.15) is 12.6 Å². The third-order valence-electron chi connectivity index (χ3n) is 5.44. The summed E-state index contributed by atoms with van der Waals surface area (Å²) in [6.07, 6.45) is -4.73. The van der Waals surface area contributed by atoms with Crippen LogP contribution in [0.4, 0.5) is 18.0 Å². The van der Waals surface area contributed by atoms with Gasteiger partial charge in [0.2, 0.25) is 5.91 Å². The fraction of sp³-hybridized carbons (Fsp3) is 0.286. The molecule has 0 bridgehead atoms. The highest BCUT2D eigenvalue weighted by Crippen LogP contribution is 2.34. The molecule has 7 nitrogen and oxygen atoms in total. The van der Waals surface area contributed by atoms with Gasteiger partial charge in [-0.3, -0.25) is 14.8 Å². The lowest BCUT2D eigenvalue weighted by Crippen LogP contribution is -2.51. The van der Waals surface area contributed by atoms with Crippen LogP contribution in [0, 0.1) is 0 Å². The van der Waals surface area contributed by atoms with Crippen LogP contribution in [0.1, 0.15) is 16.7 Å². The number of benzene rings is 2. The summed E-state index contributed by atoms with van der Waals surface area (Å²) in [5, 5.41) is 17.3. The van der Waals surface area contributed by atoms with Crippen LogP contribution in [-0.4, -0.2) is 55.9 Å². The molecule has 168 valence electrons. The molecule has 0 aliphatic carbocycles. The minimum atomic E-state index is -4.65. The Labute approximate surface area is 185 Å². The van der Waals surface area contributed by atoms with Crippen LogP contribution in [-0.2, 0) is 24.3 Å². The molecule has 32 heavy (non-hydrogen) atoms. The predicted octanol–water partition coefficient (Wildman–Crippen LogP) is 4.21. The van der Waals surface area contributed by atoms with Crippen LogP contribution in [0.25, 0.3) is 10.9 Å². The van der Waals surface area contributed by atoms with E-state index in [2.05, 4.69) is 10.2 Å². The first-order valence-corrected chi connectivity index (χ1v) is 10.0. The number of fused-ring (bicyclic) bond motifs is 3. The SMILES string of the molecule is O=C1C(N(Cc2ccccc2)C(=O)O)Cc2cc(Cl)c3[nH]ncc3c2CN1CC(F)(F)F. The molecular formula is C21H18ClF3N4O3. The average Bonchev–Trinajstić information content (AvgIpc) is 3.18. The summed E-state index contributed by atoms with van der Waals surface area (Å²) < 4.78 is 39.9. The van der Waals surface area contributed by atoms with E-state index in [1.807, 2.05) is 0 Å². The summed E-state index contributed by atoms with van der Waals surface area (Å²) in [6.45, 7) is -1.98. The Hall–Kier alpha value is -3.27. The van der Waals surface area contributed by atoms with Crippen LogP contribution in [0.2, 0.25) is 5.02 Å². The molecule has 1 atom stereocenters. The molecular weight excluding hydrogens is 449 g/mol. The molecule has 0 saturated heterocycles. The van der Waals surface area contributed by atoms with Gasteiger partial charge in [0.25, 0.3) is 0 Å². The van der Waals surface area contributed by atoms with Crippen molar-refractivity contribution >= 4 is 34.5 Å². The molecule has 0 spiro atoms. The number of H-pyrrole nitrogens is 1.